The zero-order valence-electron chi connectivity index (χ0n) is 15.6. The fraction of sp³-hybridized carbons (Fsp3) is 0.300. The van der Waals surface area contributed by atoms with Crippen molar-refractivity contribution in [1.82, 2.24) is 10.9 Å². The van der Waals surface area contributed by atoms with Gasteiger partial charge in [0.15, 0.2) is 6.10 Å². The van der Waals surface area contributed by atoms with E-state index in [0.29, 0.717) is 20.8 Å². The second kappa shape index (κ2) is 8.76. The number of carbonyl (C=O) groups excluding carboxylic acids is 2. The van der Waals surface area contributed by atoms with Gasteiger partial charge in [-0.2, -0.15) is 0 Å². The van der Waals surface area contributed by atoms with Crippen LogP contribution in [0.1, 0.15) is 43.6 Å². The van der Waals surface area contributed by atoms with Crippen LogP contribution in [0.25, 0.3) is 0 Å². The number of halogens is 2. The lowest BCUT2D eigenvalue weighted by molar-refractivity contribution is -0.128. The Labute approximate surface area is 172 Å². The van der Waals surface area contributed by atoms with Crippen LogP contribution in [0, 0.1) is 0 Å². The second-order valence-corrected chi connectivity index (χ2v) is 8.40. The first-order valence-electron chi connectivity index (χ1n) is 8.40. The molecule has 1 atom stereocenters. The van der Waals surface area contributed by atoms with Crippen LogP contribution < -0.4 is 15.6 Å². The largest absolute Gasteiger partial charge is 0.480 e. The van der Waals surface area contributed by atoms with Gasteiger partial charge < -0.3 is 4.74 Å². The Morgan fingerprint density at radius 2 is 1.70 bits per heavy atom. The first kappa shape index (κ1) is 21.3. The van der Waals surface area contributed by atoms with Gasteiger partial charge in [-0.3, -0.25) is 20.4 Å². The molecule has 2 N–H and O–H groups in total. The third-order valence-electron chi connectivity index (χ3n) is 3.88. The Bertz CT molecular complexity index is 832. The monoisotopic (exact) mass is 452 g/mol. The van der Waals surface area contributed by atoms with Crippen LogP contribution in [0.4, 0.5) is 0 Å². The molecule has 0 aliphatic carbocycles. The Morgan fingerprint density at radius 1 is 1.07 bits per heavy atom. The topological polar surface area (TPSA) is 67.4 Å². The normalized spacial score (nSPS) is 12.2. The molecule has 2 amide bonds. The summed E-state index contributed by atoms with van der Waals surface area (Å²) < 4.78 is 6.22. The summed E-state index contributed by atoms with van der Waals surface area (Å²) in [7, 11) is 0. The summed E-state index contributed by atoms with van der Waals surface area (Å²) in [6.45, 7) is 7.88. The molecule has 0 radical (unpaired) electrons. The molecule has 0 aromatic heterocycles. The quantitative estimate of drug-likeness (QED) is 0.663. The number of amides is 2. The van der Waals surface area contributed by atoms with E-state index >= 15 is 0 Å². The molecular weight excluding hydrogens is 432 g/mol. The summed E-state index contributed by atoms with van der Waals surface area (Å²) in [5, 5.41) is 0.552. The minimum Gasteiger partial charge on any atom is -0.480 e. The minimum atomic E-state index is -0.814. The molecule has 1 unspecified atom stereocenters. The van der Waals surface area contributed by atoms with E-state index in [9.17, 15) is 9.59 Å². The summed E-state index contributed by atoms with van der Waals surface area (Å²) in [6.07, 6.45) is -0.814. The lowest BCUT2D eigenvalue weighted by atomic mass is 9.87. The standard InChI is InChI=1S/C20H22BrClN2O3/c1-12(27-17-10-9-15(22)11-16(17)21)18(25)23-24-19(26)13-5-7-14(8-6-13)20(2,3)4/h5-12H,1-4H3,(H,23,25)(H,24,26). The highest BCUT2D eigenvalue weighted by Gasteiger charge is 2.18. The van der Waals surface area contributed by atoms with Gasteiger partial charge in [0.05, 0.1) is 4.47 Å². The zero-order valence-corrected chi connectivity index (χ0v) is 17.9. The van der Waals surface area contributed by atoms with Gasteiger partial charge in [-0.25, -0.2) is 0 Å². The molecule has 2 aromatic rings. The van der Waals surface area contributed by atoms with Gasteiger partial charge in [-0.15, -0.1) is 0 Å². The van der Waals surface area contributed by atoms with E-state index in [2.05, 4.69) is 47.6 Å². The van der Waals surface area contributed by atoms with E-state index in [1.807, 2.05) is 12.1 Å². The van der Waals surface area contributed by atoms with Crippen LogP contribution in [0.5, 0.6) is 5.75 Å². The summed E-state index contributed by atoms with van der Waals surface area (Å²) >= 11 is 9.21. The van der Waals surface area contributed by atoms with Crippen LogP contribution in [-0.2, 0) is 10.2 Å². The van der Waals surface area contributed by atoms with Crippen molar-refractivity contribution in [2.45, 2.75) is 39.2 Å². The molecule has 5 nitrogen and oxygen atoms in total. The Morgan fingerprint density at radius 3 is 2.26 bits per heavy atom. The molecule has 0 aliphatic heterocycles. The molecule has 144 valence electrons. The van der Waals surface area contributed by atoms with E-state index in [-0.39, 0.29) is 5.41 Å². The molecule has 0 heterocycles. The first-order valence-corrected chi connectivity index (χ1v) is 9.57. The smallest absolute Gasteiger partial charge is 0.279 e. The Kier molecular flexibility index (Phi) is 6.89. The maximum absolute atomic E-state index is 12.2. The Balaban J connectivity index is 1.91. The molecule has 0 fully saturated rings. The van der Waals surface area contributed by atoms with Gasteiger partial charge >= 0.3 is 0 Å². The van der Waals surface area contributed by atoms with Crippen LogP contribution >= 0.6 is 27.5 Å². The van der Waals surface area contributed by atoms with Crippen molar-refractivity contribution in [2.24, 2.45) is 0 Å². The summed E-state index contributed by atoms with van der Waals surface area (Å²) in [5.74, 6) is -0.397. The minimum absolute atomic E-state index is 0.00589. The summed E-state index contributed by atoms with van der Waals surface area (Å²) in [6, 6.07) is 12.3. The lowest BCUT2D eigenvalue weighted by Crippen LogP contribution is -2.47. The summed E-state index contributed by atoms with van der Waals surface area (Å²) in [4.78, 5) is 24.3. The molecular formula is C20H22BrClN2O3. The highest BCUT2D eigenvalue weighted by atomic mass is 79.9. The molecule has 0 spiro atoms. The van der Waals surface area contributed by atoms with Gasteiger partial charge in [-0.1, -0.05) is 44.5 Å². The predicted molar refractivity (Wildman–Crippen MR) is 110 cm³/mol. The number of carbonyl (C=O) groups is 2. The predicted octanol–water partition coefficient (Wildman–Crippen LogP) is 4.63. The molecule has 0 aliphatic rings. The van der Waals surface area contributed by atoms with Gasteiger partial charge in [0.1, 0.15) is 5.75 Å². The number of nitrogens with one attached hydrogen (secondary N) is 2. The van der Waals surface area contributed by atoms with Crippen LogP contribution in [0.2, 0.25) is 5.02 Å². The van der Waals surface area contributed by atoms with E-state index in [0.717, 1.165) is 5.56 Å². The zero-order chi connectivity index (χ0) is 20.2. The van der Waals surface area contributed by atoms with Gasteiger partial charge in [-0.05, 0) is 64.2 Å². The van der Waals surface area contributed by atoms with E-state index in [1.165, 1.54) is 0 Å². The molecule has 0 saturated carbocycles. The van der Waals surface area contributed by atoms with Crippen molar-refractivity contribution in [3.05, 3.63) is 63.1 Å². The molecule has 0 saturated heterocycles. The van der Waals surface area contributed by atoms with Crippen molar-refractivity contribution in [3.63, 3.8) is 0 Å². The molecule has 0 bridgehead atoms. The van der Waals surface area contributed by atoms with Crippen molar-refractivity contribution < 1.29 is 14.3 Å². The maximum Gasteiger partial charge on any atom is 0.279 e. The number of hydrogen-bond donors (Lipinski definition) is 2. The third-order valence-corrected chi connectivity index (χ3v) is 4.73. The van der Waals surface area contributed by atoms with Crippen molar-refractivity contribution in [2.75, 3.05) is 0 Å². The van der Waals surface area contributed by atoms with E-state index < -0.39 is 17.9 Å². The summed E-state index contributed by atoms with van der Waals surface area (Å²) in [5.41, 5.74) is 6.35. The van der Waals surface area contributed by atoms with Crippen molar-refractivity contribution in [1.29, 1.82) is 0 Å². The number of rotatable bonds is 4. The van der Waals surface area contributed by atoms with Gasteiger partial charge in [0.2, 0.25) is 0 Å². The number of hydrazine groups is 1. The van der Waals surface area contributed by atoms with Crippen LogP contribution in [0.15, 0.2) is 46.9 Å². The van der Waals surface area contributed by atoms with Gasteiger partial charge in [0, 0.05) is 10.6 Å². The number of ether oxygens (including phenoxy) is 1. The van der Waals surface area contributed by atoms with E-state index in [4.69, 9.17) is 16.3 Å². The third kappa shape index (κ3) is 5.97. The average Bonchev–Trinajstić information content (AvgIpc) is 2.61. The van der Waals surface area contributed by atoms with E-state index in [1.54, 1.807) is 37.3 Å². The first-order chi connectivity index (χ1) is 12.6. The lowest BCUT2D eigenvalue weighted by Gasteiger charge is -2.19. The van der Waals surface area contributed by atoms with Gasteiger partial charge in [0.25, 0.3) is 11.8 Å². The highest BCUT2D eigenvalue weighted by molar-refractivity contribution is 9.10. The fourth-order valence-corrected chi connectivity index (χ4v) is 3.00. The van der Waals surface area contributed by atoms with Crippen molar-refractivity contribution >= 4 is 39.3 Å². The second-order valence-electron chi connectivity index (χ2n) is 7.11. The fourth-order valence-electron chi connectivity index (χ4n) is 2.23. The molecule has 27 heavy (non-hydrogen) atoms. The molecule has 2 aromatic carbocycles. The average molecular weight is 454 g/mol. The number of benzene rings is 2. The van der Waals surface area contributed by atoms with Crippen molar-refractivity contribution in [3.8, 4) is 5.75 Å². The Hall–Kier alpha value is -2.05. The highest BCUT2D eigenvalue weighted by Crippen LogP contribution is 2.28. The number of hydrogen-bond acceptors (Lipinski definition) is 3. The molecule has 2 rings (SSSR count). The van der Waals surface area contributed by atoms with Crippen LogP contribution in [-0.4, -0.2) is 17.9 Å². The molecule has 7 heteroatoms. The SMILES string of the molecule is CC(Oc1ccc(Cl)cc1Br)C(=O)NNC(=O)c1ccc(C(C)(C)C)cc1. The maximum atomic E-state index is 12.2. The van der Waals surface area contributed by atoms with Crippen LogP contribution in [0.3, 0.4) is 0 Å².